The third kappa shape index (κ3) is 1.16. The van der Waals surface area contributed by atoms with Crippen molar-refractivity contribution in [3.8, 4) is 0 Å². The van der Waals surface area contributed by atoms with Gasteiger partial charge in [0.1, 0.15) is 0 Å². The summed E-state index contributed by atoms with van der Waals surface area (Å²) in [6, 6.07) is 0.351. The standard InChI is InChI=1S/C9H14N2O2/c1-11-8(12)6-3-2-5(10)4-7(6)9(11)13/h5-7H,2-4,10H2,1H3/p+1/t5-,6-,7-/m0/s1. The van der Waals surface area contributed by atoms with Gasteiger partial charge in [0.05, 0.1) is 17.9 Å². The Bertz CT molecular complexity index is 264. The van der Waals surface area contributed by atoms with E-state index < -0.39 is 0 Å². The first kappa shape index (κ1) is 8.69. The molecule has 2 rings (SSSR count). The fraction of sp³-hybridized carbons (Fsp3) is 0.778. The first-order valence-electron chi connectivity index (χ1n) is 4.75. The molecule has 0 aromatic heterocycles. The predicted molar refractivity (Wildman–Crippen MR) is 45.3 cm³/mol. The van der Waals surface area contributed by atoms with E-state index in [1.807, 2.05) is 0 Å². The number of imide groups is 1. The maximum absolute atomic E-state index is 11.6. The SMILES string of the molecule is CN1C(=O)[C@H]2CC[C@H]([NH3+])C[C@@H]2C1=O. The van der Waals surface area contributed by atoms with Crippen molar-refractivity contribution in [3.63, 3.8) is 0 Å². The summed E-state index contributed by atoms with van der Waals surface area (Å²) in [4.78, 5) is 24.4. The lowest BCUT2D eigenvalue weighted by Gasteiger charge is -2.23. The van der Waals surface area contributed by atoms with Gasteiger partial charge in [-0.3, -0.25) is 14.5 Å². The molecule has 1 saturated heterocycles. The summed E-state index contributed by atoms with van der Waals surface area (Å²) in [5.74, 6) is -0.0745. The maximum Gasteiger partial charge on any atom is 0.233 e. The summed E-state index contributed by atoms with van der Waals surface area (Å²) in [5.41, 5.74) is 3.96. The van der Waals surface area contributed by atoms with Crippen molar-refractivity contribution in [1.29, 1.82) is 0 Å². The predicted octanol–water partition coefficient (Wildman–Crippen LogP) is -0.988. The number of quaternary nitrogens is 1. The molecule has 2 aliphatic rings. The molecule has 4 nitrogen and oxygen atoms in total. The van der Waals surface area contributed by atoms with Gasteiger partial charge in [-0.15, -0.1) is 0 Å². The monoisotopic (exact) mass is 183 g/mol. The Hall–Kier alpha value is -0.900. The first-order valence-corrected chi connectivity index (χ1v) is 4.75. The average molecular weight is 183 g/mol. The smallest absolute Gasteiger partial charge is 0.233 e. The van der Waals surface area contributed by atoms with Gasteiger partial charge in [0.25, 0.3) is 0 Å². The number of hydrogen-bond acceptors (Lipinski definition) is 2. The fourth-order valence-electron chi connectivity index (χ4n) is 2.43. The van der Waals surface area contributed by atoms with Gasteiger partial charge in [0.2, 0.25) is 11.8 Å². The van der Waals surface area contributed by atoms with Crippen LogP contribution in [0, 0.1) is 11.8 Å². The lowest BCUT2D eigenvalue weighted by Crippen LogP contribution is -2.63. The van der Waals surface area contributed by atoms with Crippen LogP contribution in [0.4, 0.5) is 0 Å². The molecule has 1 heterocycles. The molecule has 0 aromatic rings. The second-order valence-electron chi connectivity index (χ2n) is 4.13. The lowest BCUT2D eigenvalue weighted by molar-refractivity contribution is -0.427. The van der Waals surface area contributed by atoms with Crippen molar-refractivity contribution in [2.45, 2.75) is 25.3 Å². The van der Waals surface area contributed by atoms with Crippen LogP contribution in [-0.2, 0) is 9.59 Å². The van der Waals surface area contributed by atoms with Gasteiger partial charge in [-0.1, -0.05) is 0 Å². The van der Waals surface area contributed by atoms with Crippen LogP contribution < -0.4 is 5.73 Å². The van der Waals surface area contributed by atoms with Gasteiger partial charge >= 0.3 is 0 Å². The van der Waals surface area contributed by atoms with Crippen molar-refractivity contribution in [2.75, 3.05) is 7.05 Å². The normalized spacial score (nSPS) is 39.5. The van der Waals surface area contributed by atoms with E-state index in [-0.39, 0.29) is 23.7 Å². The van der Waals surface area contributed by atoms with Crippen LogP contribution in [0.5, 0.6) is 0 Å². The summed E-state index contributed by atoms with van der Waals surface area (Å²) >= 11 is 0. The highest BCUT2D eigenvalue weighted by Crippen LogP contribution is 2.36. The van der Waals surface area contributed by atoms with E-state index in [4.69, 9.17) is 0 Å². The van der Waals surface area contributed by atoms with E-state index in [9.17, 15) is 9.59 Å². The molecule has 0 bridgehead atoms. The summed E-state index contributed by atoms with van der Waals surface area (Å²) in [5, 5.41) is 0. The van der Waals surface area contributed by atoms with Crippen molar-refractivity contribution in [3.05, 3.63) is 0 Å². The molecule has 72 valence electrons. The molecular weight excluding hydrogens is 168 g/mol. The number of amides is 2. The Morgan fingerprint density at radius 3 is 2.54 bits per heavy atom. The van der Waals surface area contributed by atoms with E-state index in [1.165, 1.54) is 4.90 Å². The topological polar surface area (TPSA) is 65.0 Å². The summed E-state index contributed by atoms with van der Waals surface area (Å²) in [7, 11) is 1.58. The molecule has 3 atom stereocenters. The van der Waals surface area contributed by atoms with Crippen molar-refractivity contribution >= 4 is 11.8 Å². The minimum atomic E-state index is -0.0613. The number of carbonyl (C=O) groups excluding carboxylic acids is 2. The number of likely N-dealkylation sites (tertiary alicyclic amines) is 1. The molecule has 3 N–H and O–H groups in total. The molecule has 0 radical (unpaired) electrons. The molecule has 0 spiro atoms. The van der Waals surface area contributed by atoms with Crippen LogP contribution in [0.2, 0.25) is 0 Å². The average Bonchev–Trinajstić information content (AvgIpc) is 2.32. The lowest BCUT2D eigenvalue weighted by atomic mass is 9.79. The maximum atomic E-state index is 11.6. The summed E-state index contributed by atoms with van der Waals surface area (Å²) < 4.78 is 0. The fourth-order valence-corrected chi connectivity index (χ4v) is 2.43. The van der Waals surface area contributed by atoms with Crippen LogP contribution in [0.1, 0.15) is 19.3 Å². The molecule has 2 amide bonds. The third-order valence-electron chi connectivity index (χ3n) is 3.25. The van der Waals surface area contributed by atoms with Crippen LogP contribution in [0.15, 0.2) is 0 Å². The number of hydrogen-bond donors (Lipinski definition) is 1. The van der Waals surface area contributed by atoms with Crippen LogP contribution >= 0.6 is 0 Å². The Balaban J connectivity index is 2.22. The van der Waals surface area contributed by atoms with Gasteiger partial charge in [0, 0.05) is 19.9 Å². The summed E-state index contributed by atoms with van der Waals surface area (Å²) in [6.07, 6.45) is 2.61. The first-order chi connectivity index (χ1) is 6.11. The van der Waals surface area contributed by atoms with Gasteiger partial charge in [-0.25, -0.2) is 0 Å². The van der Waals surface area contributed by atoms with Crippen molar-refractivity contribution in [2.24, 2.45) is 11.8 Å². The Labute approximate surface area is 77.1 Å². The molecule has 1 aliphatic carbocycles. The quantitative estimate of drug-likeness (QED) is 0.490. The summed E-state index contributed by atoms with van der Waals surface area (Å²) in [6.45, 7) is 0. The van der Waals surface area contributed by atoms with E-state index in [2.05, 4.69) is 5.73 Å². The second-order valence-corrected chi connectivity index (χ2v) is 4.13. The molecule has 2 fully saturated rings. The van der Waals surface area contributed by atoms with Gasteiger partial charge in [-0.05, 0) is 6.42 Å². The number of carbonyl (C=O) groups is 2. The zero-order valence-corrected chi connectivity index (χ0v) is 7.82. The highest BCUT2D eigenvalue weighted by molar-refractivity contribution is 6.04. The Morgan fingerprint density at radius 2 is 1.85 bits per heavy atom. The highest BCUT2D eigenvalue weighted by Gasteiger charge is 2.48. The van der Waals surface area contributed by atoms with E-state index in [1.54, 1.807) is 7.05 Å². The van der Waals surface area contributed by atoms with E-state index >= 15 is 0 Å². The van der Waals surface area contributed by atoms with Crippen LogP contribution in [0.25, 0.3) is 0 Å². The van der Waals surface area contributed by atoms with Crippen LogP contribution in [-0.4, -0.2) is 29.8 Å². The molecule has 1 aliphatic heterocycles. The molecule has 4 heteroatoms. The number of nitrogens with zero attached hydrogens (tertiary/aromatic N) is 1. The number of fused-ring (bicyclic) bond motifs is 1. The van der Waals surface area contributed by atoms with Gasteiger partial charge < -0.3 is 5.73 Å². The van der Waals surface area contributed by atoms with Gasteiger partial charge in [-0.2, -0.15) is 0 Å². The minimum absolute atomic E-state index is 0.00310. The van der Waals surface area contributed by atoms with E-state index in [0.29, 0.717) is 6.04 Å². The van der Waals surface area contributed by atoms with Crippen LogP contribution in [0.3, 0.4) is 0 Å². The second kappa shape index (κ2) is 2.80. The minimum Gasteiger partial charge on any atom is -0.355 e. The number of rotatable bonds is 0. The van der Waals surface area contributed by atoms with Crippen molar-refractivity contribution in [1.82, 2.24) is 4.90 Å². The zero-order chi connectivity index (χ0) is 9.59. The van der Waals surface area contributed by atoms with E-state index in [0.717, 1.165) is 19.3 Å². The highest BCUT2D eigenvalue weighted by atomic mass is 16.2. The zero-order valence-electron chi connectivity index (χ0n) is 7.82. The molecule has 13 heavy (non-hydrogen) atoms. The molecule has 1 saturated carbocycles. The molecular formula is C9H15N2O2+. The Kier molecular flexibility index (Phi) is 1.87. The third-order valence-corrected chi connectivity index (χ3v) is 3.25. The molecule has 0 unspecified atom stereocenters. The van der Waals surface area contributed by atoms with Gasteiger partial charge in [0.15, 0.2) is 0 Å². The Morgan fingerprint density at radius 1 is 1.23 bits per heavy atom. The largest absolute Gasteiger partial charge is 0.355 e. The van der Waals surface area contributed by atoms with Crippen molar-refractivity contribution < 1.29 is 15.3 Å². The molecule has 0 aromatic carbocycles.